The van der Waals surface area contributed by atoms with Crippen LogP contribution in [-0.4, -0.2) is 41.1 Å². The van der Waals surface area contributed by atoms with Gasteiger partial charge < -0.3 is 10.4 Å². The fraction of sp³-hybridized carbons (Fsp3) is 0.615. The first-order valence-corrected chi connectivity index (χ1v) is 8.13. The number of nitrogens with one attached hydrogen (secondary N) is 1. The van der Waals surface area contributed by atoms with E-state index in [4.69, 9.17) is 5.11 Å². The second-order valence-corrected chi connectivity index (χ2v) is 7.41. The highest BCUT2D eigenvalue weighted by molar-refractivity contribution is 9.11. The van der Waals surface area contributed by atoms with Crippen molar-refractivity contribution in [3.8, 4) is 0 Å². The number of nitrogens with zero attached hydrogens (tertiary/aromatic N) is 1. The van der Waals surface area contributed by atoms with Crippen LogP contribution in [0.2, 0.25) is 0 Å². The molecule has 1 saturated carbocycles. The van der Waals surface area contributed by atoms with Gasteiger partial charge in [0, 0.05) is 23.5 Å². The first-order chi connectivity index (χ1) is 9.08. The van der Waals surface area contributed by atoms with E-state index >= 15 is 0 Å². The largest absolute Gasteiger partial charge is 0.480 e. The van der Waals surface area contributed by atoms with Crippen LogP contribution in [0.3, 0.4) is 0 Å². The molecule has 0 radical (unpaired) electrons. The van der Waals surface area contributed by atoms with Crippen molar-refractivity contribution in [2.75, 3.05) is 13.1 Å². The molecule has 1 aliphatic rings. The second kappa shape index (κ2) is 6.83. The van der Waals surface area contributed by atoms with E-state index < -0.39 is 5.97 Å². The van der Waals surface area contributed by atoms with Crippen molar-refractivity contribution in [1.82, 2.24) is 10.2 Å². The summed E-state index contributed by atoms with van der Waals surface area (Å²) in [6.45, 7) is 3.89. The molecule has 1 aromatic heterocycles. The minimum Gasteiger partial charge on any atom is -0.480 e. The fourth-order valence-electron chi connectivity index (χ4n) is 2.42. The number of carboxylic acid groups (broad SMARTS) is 1. The lowest BCUT2D eigenvalue weighted by Gasteiger charge is -2.42. The number of likely N-dealkylation sites (N-methyl/N-ethyl adjacent to an activating group) is 1. The van der Waals surface area contributed by atoms with Gasteiger partial charge in [-0.25, -0.2) is 0 Å². The average Bonchev–Trinajstić information content (AvgIpc) is 2.71. The number of hydrogen-bond donors (Lipinski definition) is 2. The van der Waals surface area contributed by atoms with Crippen molar-refractivity contribution in [2.24, 2.45) is 0 Å². The Morgan fingerprint density at radius 3 is 2.84 bits per heavy atom. The van der Waals surface area contributed by atoms with E-state index in [-0.39, 0.29) is 6.54 Å². The van der Waals surface area contributed by atoms with Gasteiger partial charge in [0.25, 0.3) is 0 Å². The molecule has 4 nitrogen and oxygen atoms in total. The number of aliphatic carboxylic acids is 1. The summed E-state index contributed by atoms with van der Waals surface area (Å²) in [5, 5.41) is 12.4. The molecule has 0 aromatic carbocycles. The molecule has 1 aliphatic carbocycles. The molecule has 19 heavy (non-hydrogen) atoms. The molecule has 106 valence electrons. The maximum Gasteiger partial charge on any atom is 0.317 e. The van der Waals surface area contributed by atoms with Crippen molar-refractivity contribution in [3.05, 3.63) is 20.8 Å². The molecule has 0 bridgehead atoms. The number of carbonyl (C=O) groups is 1. The van der Waals surface area contributed by atoms with Crippen molar-refractivity contribution < 1.29 is 9.90 Å². The Balaban J connectivity index is 1.69. The molecule has 0 aliphatic heterocycles. The van der Waals surface area contributed by atoms with Crippen LogP contribution in [0.15, 0.2) is 15.9 Å². The lowest BCUT2D eigenvalue weighted by atomic mass is 9.85. The Morgan fingerprint density at radius 2 is 2.32 bits per heavy atom. The monoisotopic (exact) mass is 346 g/mol. The zero-order chi connectivity index (χ0) is 13.8. The number of thiophene rings is 1. The molecule has 0 amide bonds. The SMILES string of the molecule is CCN(CC(=O)O)C1CC(NCc2ccc(Br)s2)C1. The summed E-state index contributed by atoms with van der Waals surface area (Å²) in [7, 11) is 0. The van der Waals surface area contributed by atoms with Crippen LogP contribution in [0.5, 0.6) is 0 Å². The summed E-state index contributed by atoms with van der Waals surface area (Å²) in [4.78, 5) is 14.1. The van der Waals surface area contributed by atoms with Gasteiger partial charge >= 0.3 is 5.97 Å². The van der Waals surface area contributed by atoms with Crippen LogP contribution in [0.1, 0.15) is 24.6 Å². The molecule has 1 fully saturated rings. The smallest absolute Gasteiger partial charge is 0.317 e. The lowest BCUT2D eigenvalue weighted by Crippen LogP contribution is -2.53. The van der Waals surface area contributed by atoms with Gasteiger partial charge in [-0.3, -0.25) is 9.69 Å². The molecule has 2 rings (SSSR count). The highest BCUT2D eigenvalue weighted by Gasteiger charge is 2.33. The van der Waals surface area contributed by atoms with E-state index in [2.05, 4.69) is 33.4 Å². The summed E-state index contributed by atoms with van der Waals surface area (Å²) >= 11 is 5.21. The highest BCUT2D eigenvalue weighted by Crippen LogP contribution is 2.27. The summed E-state index contributed by atoms with van der Waals surface area (Å²) in [5.41, 5.74) is 0. The third-order valence-corrected chi connectivity index (χ3v) is 5.19. The predicted octanol–water partition coefficient (Wildman–Crippen LogP) is 2.54. The van der Waals surface area contributed by atoms with Gasteiger partial charge in [0.1, 0.15) is 0 Å². The summed E-state index contributed by atoms with van der Waals surface area (Å²) in [6.07, 6.45) is 2.10. The number of carboxylic acids is 1. The van der Waals surface area contributed by atoms with Crippen molar-refractivity contribution in [3.63, 3.8) is 0 Å². The summed E-state index contributed by atoms with van der Waals surface area (Å²) in [5.74, 6) is -0.735. The third kappa shape index (κ3) is 4.27. The fourth-order valence-corrected chi connectivity index (χ4v) is 3.85. The van der Waals surface area contributed by atoms with Crippen molar-refractivity contribution in [1.29, 1.82) is 0 Å². The molecule has 0 saturated heterocycles. The van der Waals surface area contributed by atoms with E-state index in [9.17, 15) is 4.79 Å². The summed E-state index contributed by atoms with van der Waals surface area (Å²) < 4.78 is 1.16. The number of rotatable bonds is 7. The van der Waals surface area contributed by atoms with E-state index in [0.29, 0.717) is 12.1 Å². The molecule has 1 heterocycles. The topological polar surface area (TPSA) is 52.6 Å². The van der Waals surface area contributed by atoms with Crippen LogP contribution in [-0.2, 0) is 11.3 Å². The van der Waals surface area contributed by atoms with E-state index in [1.807, 2.05) is 11.8 Å². The normalized spacial score (nSPS) is 22.5. The van der Waals surface area contributed by atoms with Crippen molar-refractivity contribution >= 4 is 33.2 Å². The van der Waals surface area contributed by atoms with Crippen LogP contribution in [0, 0.1) is 0 Å². The Bertz CT molecular complexity index is 432. The van der Waals surface area contributed by atoms with Crippen molar-refractivity contribution in [2.45, 2.75) is 38.4 Å². The van der Waals surface area contributed by atoms with E-state index in [1.165, 1.54) is 4.88 Å². The standard InChI is InChI=1S/C13H19BrN2O2S/c1-2-16(8-13(17)18)10-5-9(6-10)15-7-11-3-4-12(14)19-11/h3-4,9-10,15H,2,5-8H2,1H3,(H,17,18). The predicted molar refractivity (Wildman–Crippen MR) is 80.6 cm³/mol. The number of hydrogen-bond acceptors (Lipinski definition) is 4. The van der Waals surface area contributed by atoms with Gasteiger partial charge in [-0.2, -0.15) is 0 Å². The molecular weight excluding hydrogens is 328 g/mol. The Labute approximate surface area is 125 Å². The maximum absolute atomic E-state index is 10.7. The van der Waals surface area contributed by atoms with Crippen LogP contribution >= 0.6 is 27.3 Å². The molecule has 1 aromatic rings. The van der Waals surface area contributed by atoms with Gasteiger partial charge in [0.2, 0.25) is 0 Å². The van der Waals surface area contributed by atoms with Gasteiger partial charge in [-0.15, -0.1) is 11.3 Å². The lowest BCUT2D eigenvalue weighted by molar-refractivity contribution is -0.139. The minimum atomic E-state index is -0.735. The zero-order valence-electron chi connectivity index (χ0n) is 10.9. The Hall–Kier alpha value is -0.430. The van der Waals surface area contributed by atoms with Gasteiger partial charge in [0.15, 0.2) is 0 Å². The van der Waals surface area contributed by atoms with E-state index in [1.54, 1.807) is 11.3 Å². The third-order valence-electron chi connectivity index (χ3n) is 3.57. The van der Waals surface area contributed by atoms with E-state index in [0.717, 1.165) is 29.7 Å². The molecule has 6 heteroatoms. The Morgan fingerprint density at radius 1 is 1.58 bits per heavy atom. The molecule has 0 atom stereocenters. The van der Waals surface area contributed by atoms with Gasteiger partial charge in [-0.1, -0.05) is 6.92 Å². The molecular formula is C13H19BrN2O2S. The first-order valence-electron chi connectivity index (χ1n) is 6.52. The van der Waals surface area contributed by atoms with Gasteiger partial charge in [-0.05, 0) is 47.4 Å². The number of halogens is 1. The summed E-state index contributed by atoms with van der Waals surface area (Å²) in [6, 6.07) is 5.14. The molecule has 0 unspecified atom stereocenters. The minimum absolute atomic E-state index is 0.158. The van der Waals surface area contributed by atoms with Crippen LogP contribution < -0.4 is 5.32 Å². The maximum atomic E-state index is 10.7. The quantitative estimate of drug-likeness (QED) is 0.796. The molecule has 2 N–H and O–H groups in total. The highest BCUT2D eigenvalue weighted by atomic mass is 79.9. The second-order valence-electron chi connectivity index (χ2n) is 4.87. The Kier molecular flexibility index (Phi) is 5.38. The zero-order valence-corrected chi connectivity index (χ0v) is 13.3. The first kappa shape index (κ1) is 15.0. The average molecular weight is 347 g/mol. The molecule has 0 spiro atoms. The van der Waals surface area contributed by atoms with Gasteiger partial charge in [0.05, 0.1) is 10.3 Å². The van der Waals surface area contributed by atoms with Crippen LogP contribution in [0.4, 0.5) is 0 Å². The van der Waals surface area contributed by atoms with Crippen LogP contribution in [0.25, 0.3) is 0 Å².